The summed E-state index contributed by atoms with van der Waals surface area (Å²) in [5.74, 6) is -0.605. The number of rotatable bonds is 1. The van der Waals surface area contributed by atoms with Gasteiger partial charge in [-0.15, -0.1) is 0 Å². The van der Waals surface area contributed by atoms with Gasteiger partial charge in [-0.05, 0) is 17.7 Å². The molecule has 0 unspecified atom stereocenters. The van der Waals surface area contributed by atoms with Crippen LogP contribution in [0.2, 0.25) is 0 Å². The number of benzene rings is 1. The predicted octanol–water partition coefficient (Wildman–Crippen LogP) is 1.45. The number of aromatic amines is 1. The van der Waals surface area contributed by atoms with Crippen LogP contribution in [0.15, 0.2) is 35.5 Å². The molecule has 1 N–H and O–H groups in total. The molecule has 78 valence electrons. The highest BCUT2D eigenvalue weighted by atomic mass is 19.1. The van der Waals surface area contributed by atoms with Gasteiger partial charge in [-0.1, -0.05) is 6.07 Å². The van der Waals surface area contributed by atoms with Gasteiger partial charge in [-0.3, -0.25) is 4.79 Å². The van der Waals surface area contributed by atoms with Crippen molar-refractivity contribution in [3.63, 3.8) is 0 Å². The minimum atomic E-state index is -0.605. The molecule has 0 fully saturated rings. The maximum atomic E-state index is 13.1. The zero-order valence-corrected chi connectivity index (χ0v) is 8.07. The number of nitrogens with zero attached hydrogens (tertiary/aromatic N) is 2. The van der Waals surface area contributed by atoms with Gasteiger partial charge >= 0.3 is 0 Å². The Morgan fingerprint density at radius 2 is 2.25 bits per heavy atom. The molecule has 0 aliphatic carbocycles. The molecule has 0 atom stereocenters. The lowest BCUT2D eigenvalue weighted by Gasteiger charge is -2.00. The van der Waals surface area contributed by atoms with Crippen LogP contribution in [0.5, 0.6) is 0 Å². The van der Waals surface area contributed by atoms with E-state index in [0.717, 1.165) is 6.07 Å². The third-order valence-electron chi connectivity index (χ3n) is 2.12. The summed E-state index contributed by atoms with van der Waals surface area (Å²) in [5.41, 5.74) is 0.345. The van der Waals surface area contributed by atoms with E-state index < -0.39 is 5.82 Å². The summed E-state index contributed by atoms with van der Waals surface area (Å²) in [6.45, 7) is 0. The number of nitrogens with one attached hydrogen (secondary N) is 1. The van der Waals surface area contributed by atoms with Gasteiger partial charge in [0.1, 0.15) is 11.9 Å². The van der Waals surface area contributed by atoms with Gasteiger partial charge in [0, 0.05) is 6.20 Å². The number of nitriles is 1. The topological polar surface area (TPSA) is 69.5 Å². The minimum absolute atomic E-state index is 0.0965. The van der Waals surface area contributed by atoms with Crippen LogP contribution < -0.4 is 5.56 Å². The van der Waals surface area contributed by atoms with Crippen LogP contribution in [0.25, 0.3) is 11.1 Å². The van der Waals surface area contributed by atoms with Gasteiger partial charge in [-0.2, -0.15) is 5.26 Å². The molecular weight excluding hydrogens is 209 g/mol. The summed E-state index contributed by atoms with van der Waals surface area (Å²) in [6, 6.07) is 5.62. The Kier molecular flexibility index (Phi) is 2.48. The van der Waals surface area contributed by atoms with Crippen LogP contribution in [0.1, 0.15) is 5.56 Å². The Hall–Kier alpha value is -2.48. The van der Waals surface area contributed by atoms with Gasteiger partial charge in [0.05, 0.1) is 17.5 Å². The van der Waals surface area contributed by atoms with Gasteiger partial charge in [0.15, 0.2) is 0 Å². The number of hydrogen-bond acceptors (Lipinski definition) is 3. The standard InChI is InChI=1S/C11H6FN3O/c12-10-2-1-7(3-8(10)4-13)9-5-14-6-15-11(9)16/h1-3,5-6H,(H,14,15,16). The summed E-state index contributed by atoms with van der Waals surface area (Å²) >= 11 is 0. The Bertz CT molecular complexity index is 628. The van der Waals surface area contributed by atoms with E-state index in [1.165, 1.54) is 24.7 Å². The first-order valence-corrected chi connectivity index (χ1v) is 4.45. The lowest BCUT2D eigenvalue weighted by molar-refractivity contribution is 0.624. The summed E-state index contributed by atoms with van der Waals surface area (Å²) < 4.78 is 13.1. The third-order valence-corrected chi connectivity index (χ3v) is 2.12. The molecule has 2 rings (SSSR count). The molecule has 16 heavy (non-hydrogen) atoms. The van der Waals surface area contributed by atoms with Crippen molar-refractivity contribution in [3.8, 4) is 17.2 Å². The summed E-state index contributed by atoms with van der Waals surface area (Å²) in [7, 11) is 0. The smallest absolute Gasteiger partial charge is 0.258 e. The van der Waals surface area contributed by atoms with Gasteiger partial charge in [0.2, 0.25) is 0 Å². The average Bonchev–Trinajstić information content (AvgIpc) is 2.31. The van der Waals surface area contributed by atoms with Crippen molar-refractivity contribution in [3.05, 3.63) is 52.5 Å². The maximum Gasteiger partial charge on any atom is 0.258 e. The zero-order valence-electron chi connectivity index (χ0n) is 8.07. The molecule has 2 aromatic rings. The Morgan fingerprint density at radius 1 is 1.44 bits per heavy atom. The molecule has 5 heteroatoms. The van der Waals surface area contributed by atoms with Crippen LogP contribution in [0.3, 0.4) is 0 Å². The van der Waals surface area contributed by atoms with Crippen molar-refractivity contribution in [2.24, 2.45) is 0 Å². The van der Waals surface area contributed by atoms with E-state index in [0.29, 0.717) is 11.1 Å². The minimum Gasteiger partial charge on any atom is -0.313 e. The second-order valence-corrected chi connectivity index (χ2v) is 3.10. The van der Waals surface area contributed by atoms with Crippen LogP contribution in [0.4, 0.5) is 4.39 Å². The molecule has 0 aliphatic rings. The van der Waals surface area contributed by atoms with Crippen LogP contribution in [0, 0.1) is 17.1 Å². The average molecular weight is 215 g/mol. The van der Waals surface area contributed by atoms with E-state index >= 15 is 0 Å². The molecule has 1 aromatic heterocycles. The molecule has 4 nitrogen and oxygen atoms in total. The summed E-state index contributed by atoms with van der Waals surface area (Å²) in [5, 5.41) is 8.67. The second kappa shape index (κ2) is 3.95. The Labute approximate surface area is 90.0 Å². The number of H-pyrrole nitrogens is 1. The van der Waals surface area contributed by atoms with Crippen molar-refractivity contribution in [2.45, 2.75) is 0 Å². The zero-order chi connectivity index (χ0) is 11.5. The highest BCUT2D eigenvalue weighted by Gasteiger charge is 2.07. The molecule has 0 saturated carbocycles. The maximum absolute atomic E-state index is 13.1. The lowest BCUT2D eigenvalue weighted by atomic mass is 10.1. The summed E-state index contributed by atoms with van der Waals surface area (Å²) in [4.78, 5) is 17.6. The molecule has 1 heterocycles. The first-order chi connectivity index (χ1) is 7.72. The molecular formula is C11H6FN3O. The lowest BCUT2D eigenvalue weighted by Crippen LogP contribution is -2.08. The molecule has 0 aliphatic heterocycles. The van der Waals surface area contributed by atoms with E-state index in [1.807, 2.05) is 0 Å². The predicted molar refractivity (Wildman–Crippen MR) is 55.0 cm³/mol. The van der Waals surface area contributed by atoms with E-state index in [4.69, 9.17) is 5.26 Å². The molecule has 0 radical (unpaired) electrons. The molecule has 0 bridgehead atoms. The second-order valence-electron chi connectivity index (χ2n) is 3.10. The van der Waals surface area contributed by atoms with Crippen molar-refractivity contribution < 1.29 is 4.39 Å². The van der Waals surface area contributed by atoms with Gasteiger partial charge < -0.3 is 4.98 Å². The summed E-state index contributed by atoms with van der Waals surface area (Å²) in [6.07, 6.45) is 2.63. The quantitative estimate of drug-likeness (QED) is 0.782. The number of halogens is 1. The fraction of sp³-hybridized carbons (Fsp3) is 0. The molecule has 1 aromatic carbocycles. The third kappa shape index (κ3) is 1.68. The van der Waals surface area contributed by atoms with E-state index in [-0.39, 0.29) is 11.1 Å². The van der Waals surface area contributed by atoms with E-state index in [2.05, 4.69) is 9.97 Å². The molecule has 0 spiro atoms. The number of hydrogen-bond donors (Lipinski definition) is 1. The largest absolute Gasteiger partial charge is 0.313 e. The fourth-order valence-electron chi connectivity index (χ4n) is 1.33. The van der Waals surface area contributed by atoms with Crippen molar-refractivity contribution in [1.82, 2.24) is 9.97 Å². The fourth-order valence-corrected chi connectivity index (χ4v) is 1.33. The van der Waals surface area contributed by atoms with E-state index in [9.17, 15) is 9.18 Å². The SMILES string of the molecule is N#Cc1cc(-c2cnc[nH]c2=O)ccc1F. The van der Waals surface area contributed by atoms with Crippen LogP contribution in [-0.4, -0.2) is 9.97 Å². The van der Waals surface area contributed by atoms with Gasteiger partial charge in [-0.25, -0.2) is 9.37 Å². The number of aromatic nitrogens is 2. The van der Waals surface area contributed by atoms with Crippen molar-refractivity contribution in [1.29, 1.82) is 5.26 Å². The van der Waals surface area contributed by atoms with Crippen molar-refractivity contribution in [2.75, 3.05) is 0 Å². The van der Waals surface area contributed by atoms with Gasteiger partial charge in [0.25, 0.3) is 5.56 Å². The Balaban J connectivity index is 2.63. The van der Waals surface area contributed by atoms with Crippen molar-refractivity contribution >= 4 is 0 Å². The van der Waals surface area contributed by atoms with E-state index in [1.54, 1.807) is 6.07 Å². The highest BCUT2D eigenvalue weighted by Crippen LogP contribution is 2.17. The first kappa shape index (κ1) is 10.1. The first-order valence-electron chi connectivity index (χ1n) is 4.45. The van der Waals surface area contributed by atoms with Crippen LogP contribution in [-0.2, 0) is 0 Å². The monoisotopic (exact) mass is 215 g/mol. The highest BCUT2D eigenvalue weighted by molar-refractivity contribution is 5.63. The molecule has 0 amide bonds. The Morgan fingerprint density at radius 3 is 2.94 bits per heavy atom. The molecule has 0 saturated heterocycles. The van der Waals surface area contributed by atoms with Crippen LogP contribution >= 0.6 is 0 Å². The normalized spacial score (nSPS) is 9.75.